The van der Waals surface area contributed by atoms with E-state index in [0.29, 0.717) is 6.04 Å². The van der Waals surface area contributed by atoms with Crippen molar-refractivity contribution in [2.75, 3.05) is 6.54 Å². The maximum absolute atomic E-state index is 9.32. The summed E-state index contributed by atoms with van der Waals surface area (Å²) in [7, 11) is 0. The molecule has 2 N–H and O–H groups in total. The van der Waals surface area contributed by atoms with Crippen molar-refractivity contribution in [2.45, 2.75) is 18.9 Å². The predicted octanol–water partition coefficient (Wildman–Crippen LogP) is 2.56. The van der Waals surface area contributed by atoms with E-state index in [0.717, 1.165) is 29.7 Å². The predicted molar refractivity (Wildman–Crippen MR) is 79.2 cm³/mol. The highest BCUT2D eigenvalue weighted by molar-refractivity contribution is 5.64. The van der Waals surface area contributed by atoms with Gasteiger partial charge in [0.25, 0.3) is 0 Å². The first-order chi connectivity index (χ1) is 9.81. The van der Waals surface area contributed by atoms with Crippen molar-refractivity contribution in [1.82, 2.24) is 10.3 Å². The lowest BCUT2D eigenvalue weighted by atomic mass is 10.1. The molecular weight excluding hydrogens is 248 g/mol. The van der Waals surface area contributed by atoms with Gasteiger partial charge >= 0.3 is 0 Å². The van der Waals surface area contributed by atoms with Crippen molar-refractivity contribution in [3.05, 3.63) is 48.3 Å². The summed E-state index contributed by atoms with van der Waals surface area (Å²) in [5, 5.41) is 12.7. The molecule has 0 amide bonds. The largest absolute Gasteiger partial charge is 0.508 e. The molecule has 20 heavy (non-hydrogen) atoms. The van der Waals surface area contributed by atoms with Crippen LogP contribution in [-0.2, 0) is 0 Å². The Labute approximate surface area is 118 Å². The van der Waals surface area contributed by atoms with Crippen LogP contribution in [-0.4, -0.2) is 22.7 Å². The van der Waals surface area contributed by atoms with Gasteiger partial charge in [-0.1, -0.05) is 24.0 Å². The monoisotopic (exact) mass is 264 g/mol. The van der Waals surface area contributed by atoms with Gasteiger partial charge in [0.2, 0.25) is 0 Å². The zero-order valence-corrected chi connectivity index (χ0v) is 11.1. The first kappa shape index (κ1) is 12.7. The number of benzene rings is 1. The van der Waals surface area contributed by atoms with Crippen molar-refractivity contribution in [1.29, 1.82) is 0 Å². The summed E-state index contributed by atoms with van der Waals surface area (Å²) in [6, 6.07) is 9.45. The molecule has 1 saturated heterocycles. The second-order valence-corrected chi connectivity index (χ2v) is 4.93. The van der Waals surface area contributed by atoms with Crippen LogP contribution in [0, 0.1) is 11.8 Å². The van der Waals surface area contributed by atoms with Crippen LogP contribution in [0.5, 0.6) is 5.75 Å². The molecule has 1 atom stereocenters. The number of pyridine rings is 1. The van der Waals surface area contributed by atoms with Crippen LogP contribution in [0.15, 0.2) is 42.7 Å². The Balaban J connectivity index is 1.83. The molecule has 1 aliphatic rings. The van der Waals surface area contributed by atoms with Crippen LogP contribution in [0.1, 0.15) is 18.4 Å². The van der Waals surface area contributed by atoms with Crippen LogP contribution >= 0.6 is 0 Å². The van der Waals surface area contributed by atoms with Crippen molar-refractivity contribution >= 4 is 0 Å². The number of phenolic OH excluding ortho intramolecular Hbond substituents is 1. The maximum atomic E-state index is 9.32. The molecule has 2 aromatic rings. The summed E-state index contributed by atoms with van der Waals surface area (Å²) in [6.45, 7) is 1.06. The van der Waals surface area contributed by atoms with Gasteiger partial charge in [-0.25, -0.2) is 0 Å². The molecule has 100 valence electrons. The van der Waals surface area contributed by atoms with Gasteiger partial charge in [0.1, 0.15) is 5.75 Å². The molecule has 1 aromatic carbocycles. The Morgan fingerprint density at radius 3 is 2.75 bits per heavy atom. The van der Waals surface area contributed by atoms with Gasteiger partial charge in [0.05, 0.1) is 6.04 Å². The first-order valence-corrected chi connectivity index (χ1v) is 6.81. The average molecular weight is 264 g/mol. The number of nitrogens with zero attached hydrogens (tertiary/aromatic N) is 1. The third kappa shape index (κ3) is 2.98. The molecule has 3 rings (SSSR count). The van der Waals surface area contributed by atoms with E-state index in [1.165, 1.54) is 6.42 Å². The second kappa shape index (κ2) is 5.77. The molecule has 3 heteroatoms. The second-order valence-electron chi connectivity index (χ2n) is 4.93. The Bertz CT molecular complexity index is 647. The summed E-state index contributed by atoms with van der Waals surface area (Å²) in [5.41, 5.74) is 2.96. The topological polar surface area (TPSA) is 45.2 Å². The van der Waals surface area contributed by atoms with E-state index in [-0.39, 0.29) is 5.75 Å². The number of aromatic nitrogens is 1. The van der Waals surface area contributed by atoms with E-state index in [2.05, 4.69) is 22.1 Å². The molecule has 1 unspecified atom stereocenters. The van der Waals surface area contributed by atoms with Crippen molar-refractivity contribution < 1.29 is 5.11 Å². The number of phenols is 1. The lowest BCUT2D eigenvalue weighted by Crippen LogP contribution is -2.18. The number of rotatable bonds is 1. The molecule has 1 aliphatic heterocycles. The molecule has 0 saturated carbocycles. The van der Waals surface area contributed by atoms with Crippen LogP contribution in [0.2, 0.25) is 0 Å². The summed E-state index contributed by atoms with van der Waals surface area (Å²) >= 11 is 0. The smallest absolute Gasteiger partial charge is 0.115 e. The zero-order valence-electron chi connectivity index (χ0n) is 11.1. The summed E-state index contributed by atoms with van der Waals surface area (Å²) in [5.74, 6) is 6.70. The van der Waals surface area contributed by atoms with Crippen molar-refractivity contribution in [3.8, 4) is 28.7 Å². The minimum Gasteiger partial charge on any atom is -0.508 e. The highest BCUT2D eigenvalue weighted by Crippen LogP contribution is 2.21. The van der Waals surface area contributed by atoms with E-state index in [1.54, 1.807) is 18.3 Å². The molecule has 0 bridgehead atoms. The van der Waals surface area contributed by atoms with Gasteiger partial charge in [0, 0.05) is 23.5 Å². The highest BCUT2D eigenvalue weighted by Gasteiger charge is 2.09. The Morgan fingerprint density at radius 1 is 1.15 bits per heavy atom. The lowest BCUT2D eigenvalue weighted by Gasteiger charge is -2.02. The Morgan fingerprint density at radius 2 is 2.00 bits per heavy atom. The molecule has 3 nitrogen and oxygen atoms in total. The van der Waals surface area contributed by atoms with Gasteiger partial charge in [-0.15, -0.1) is 0 Å². The number of hydrogen-bond acceptors (Lipinski definition) is 3. The lowest BCUT2D eigenvalue weighted by molar-refractivity contribution is 0.475. The normalized spacial score (nSPS) is 17.5. The third-order valence-electron chi connectivity index (χ3n) is 3.39. The van der Waals surface area contributed by atoms with E-state index < -0.39 is 0 Å². The molecule has 2 heterocycles. The minimum atomic E-state index is 0.268. The van der Waals surface area contributed by atoms with E-state index in [1.807, 2.05) is 24.4 Å². The standard InChI is InChI=1S/C17H16N2O/c20-17-7-4-14(5-8-17)15-10-13(11-18-12-15)3-6-16-2-1-9-19-16/h4-5,7-8,10-12,16,19-20H,1-2,9H2. The van der Waals surface area contributed by atoms with Crippen LogP contribution in [0.4, 0.5) is 0 Å². The minimum absolute atomic E-state index is 0.268. The van der Waals surface area contributed by atoms with Gasteiger partial charge in [-0.05, 0) is 43.1 Å². The van der Waals surface area contributed by atoms with E-state index in [9.17, 15) is 5.11 Å². The number of aromatic hydroxyl groups is 1. The first-order valence-electron chi connectivity index (χ1n) is 6.81. The van der Waals surface area contributed by atoms with E-state index >= 15 is 0 Å². The highest BCUT2D eigenvalue weighted by atomic mass is 16.3. The molecular formula is C17H16N2O. The van der Waals surface area contributed by atoms with Gasteiger partial charge in [0.15, 0.2) is 0 Å². The summed E-state index contributed by atoms with van der Waals surface area (Å²) in [4.78, 5) is 4.24. The van der Waals surface area contributed by atoms with Crippen molar-refractivity contribution in [3.63, 3.8) is 0 Å². The molecule has 0 aliphatic carbocycles. The average Bonchev–Trinajstić information content (AvgIpc) is 3.00. The quantitative estimate of drug-likeness (QED) is 0.778. The van der Waals surface area contributed by atoms with Crippen LogP contribution in [0.3, 0.4) is 0 Å². The van der Waals surface area contributed by atoms with Gasteiger partial charge in [-0.2, -0.15) is 0 Å². The fraction of sp³-hybridized carbons (Fsp3) is 0.235. The van der Waals surface area contributed by atoms with Crippen molar-refractivity contribution in [2.24, 2.45) is 0 Å². The van der Waals surface area contributed by atoms with Gasteiger partial charge in [-0.3, -0.25) is 4.98 Å². The van der Waals surface area contributed by atoms with Crippen LogP contribution < -0.4 is 5.32 Å². The molecule has 0 spiro atoms. The van der Waals surface area contributed by atoms with Gasteiger partial charge < -0.3 is 10.4 Å². The molecule has 1 aromatic heterocycles. The Kier molecular flexibility index (Phi) is 3.67. The fourth-order valence-electron chi connectivity index (χ4n) is 2.30. The SMILES string of the molecule is Oc1ccc(-c2cncc(C#CC3CCCN3)c2)cc1. The molecule has 0 radical (unpaired) electrons. The summed E-state index contributed by atoms with van der Waals surface area (Å²) in [6.07, 6.45) is 5.92. The van der Waals surface area contributed by atoms with E-state index in [4.69, 9.17) is 0 Å². The Hall–Kier alpha value is -2.31. The summed E-state index contributed by atoms with van der Waals surface area (Å²) < 4.78 is 0. The third-order valence-corrected chi connectivity index (χ3v) is 3.39. The fourth-order valence-corrected chi connectivity index (χ4v) is 2.30. The van der Waals surface area contributed by atoms with Crippen LogP contribution in [0.25, 0.3) is 11.1 Å². The number of nitrogens with one attached hydrogen (secondary N) is 1. The number of hydrogen-bond donors (Lipinski definition) is 2. The molecule has 1 fully saturated rings. The zero-order chi connectivity index (χ0) is 13.8. The maximum Gasteiger partial charge on any atom is 0.115 e.